The van der Waals surface area contributed by atoms with Gasteiger partial charge in [-0.05, 0) is 44.0 Å². The highest BCUT2D eigenvalue weighted by molar-refractivity contribution is 5.30. The largest absolute Gasteiger partial charge is 0.256 e. The molecule has 0 spiro atoms. The molecule has 0 N–H and O–H groups in total. The van der Waals surface area contributed by atoms with E-state index in [1.54, 1.807) is 0 Å². The van der Waals surface area contributed by atoms with Gasteiger partial charge in [0.15, 0.2) is 0 Å². The first-order valence-electron chi connectivity index (χ1n) is 4.98. The van der Waals surface area contributed by atoms with Crippen molar-refractivity contribution in [2.24, 2.45) is 0 Å². The van der Waals surface area contributed by atoms with Crippen LogP contribution in [0.3, 0.4) is 0 Å². The highest BCUT2D eigenvalue weighted by Crippen LogP contribution is 1.85. The van der Waals surface area contributed by atoms with E-state index in [2.05, 4.69) is 42.3 Å². The van der Waals surface area contributed by atoms with Crippen LogP contribution in [-0.4, -0.2) is 4.98 Å². The van der Waals surface area contributed by atoms with Crippen LogP contribution in [0.2, 0.25) is 0 Å². The van der Waals surface area contributed by atoms with Gasteiger partial charge in [-0.2, -0.15) is 0 Å². The van der Waals surface area contributed by atoms with E-state index in [1.165, 1.54) is 10.8 Å². The van der Waals surface area contributed by atoms with E-state index in [9.17, 15) is 0 Å². The fourth-order valence-corrected chi connectivity index (χ4v) is 1.32. The molecule has 0 saturated heterocycles. The van der Waals surface area contributed by atoms with Gasteiger partial charge in [-0.3, -0.25) is 4.98 Å². The molecule has 1 rings (SSSR count). The summed E-state index contributed by atoms with van der Waals surface area (Å²) in [6.45, 7) is 6.14. The zero-order chi connectivity index (χ0) is 10.4. The second-order valence-corrected chi connectivity index (χ2v) is 3.28. The molecular formula is C13H17N. The van der Waals surface area contributed by atoms with E-state index in [0.717, 1.165) is 11.8 Å². The number of nitrogens with zero attached hydrogens (tertiary/aromatic N) is 1. The van der Waals surface area contributed by atoms with Crippen molar-refractivity contribution < 1.29 is 0 Å². The molecule has 1 heterocycles. The first-order valence-corrected chi connectivity index (χ1v) is 4.98. The number of rotatable bonds is 2. The summed E-state index contributed by atoms with van der Waals surface area (Å²) < 4.78 is 0. The molecule has 1 aromatic rings. The summed E-state index contributed by atoms with van der Waals surface area (Å²) in [4.78, 5) is 4.40. The van der Waals surface area contributed by atoms with Crippen molar-refractivity contribution in [2.75, 3.05) is 0 Å². The number of allylic oxidation sites excluding steroid dienone is 2. The molecule has 0 saturated carbocycles. The monoisotopic (exact) mass is 187 g/mol. The van der Waals surface area contributed by atoms with Crippen LogP contribution in [-0.2, 0) is 0 Å². The summed E-state index contributed by atoms with van der Waals surface area (Å²) in [5.41, 5.74) is 1.21. The Kier molecular flexibility index (Phi) is 4.11. The van der Waals surface area contributed by atoms with Crippen molar-refractivity contribution in [1.29, 1.82) is 0 Å². The van der Waals surface area contributed by atoms with Crippen LogP contribution < -0.4 is 10.6 Å². The van der Waals surface area contributed by atoms with Crippen LogP contribution >= 0.6 is 0 Å². The molecule has 0 aliphatic carbocycles. The summed E-state index contributed by atoms with van der Waals surface area (Å²) >= 11 is 0. The average molecular weight is 187 g/mol. The molecule has 1 nitrogen and oxygen atoms in total. The van der Waals surface area contributed by atoms with Crippen LogP contribution in [0.25, 0.3) is 12.2 Å². The third-order valence-corrected chi connectivity index (χ3v) is 2.08. The molecule has 0 bridgehead atoms. The Morgan fingerprint density at radius 3 is 2.79 bits per heavy atom. The smallest absolute Gasteiger partial charge is 0.0662 e. The molecule has 14 heavy (non-hydrogen) atoms. The summed E-state index contributed by atoms with van der Waals surface area (Å²) in [6, 6.07) is 2.16. The molecule has 0 amide bonds. The van der Waals surface area contributed by atoms with Gasteiger partial charge in [0.25, 0.3) is 0 Å². The lowest BCUT2D eigenvalue weighted by molar-refractivity contribution is 1.17. The molecule has 0 aliphatic heterocycles. The van der Waals surface area contributed by atoms with Crippen LogP contribution in [0.15, 0.2) is 24.4 Å². The SMILES string of the molecule is C/C=C\CC=c1ncc(C)c/c1=C/C. The van der Waals surface area contributed by atoms with Crippen LogP contribution in [0, 0.1) is 6.92 Å². The second kappa shape index (κ2) is 5.38. The first kappa shape index (κ1) is 10.7. The van der Waals surface area contributed by atoms with Gasteiger partial charge < -0.3 is 0 Å². The Hall–Kier alpha value is -1.37. The normalized spacial score (nSPS) is 14.2. The van der Waals surface area contributed by atoms with Gasteiger partial charge in [-0.1, -0.05) is 24.3 Å². The minimum absolute atomic E-state index is 0.952. The lowest BCUT2D eigenvalue weighted by Crippen LogP contribution is -2.27. The second-order valence-electron chi connectivity index (χ2n) is 3.28. The van der Waals surface area contributed by atoms with Crippen molar-refractivity contribution in [3.8, 4) is 0 Å². The number of hydrogen-bond donors (Lipinski definition) is 0. The molecule has 0 aliphatic rings. The average Bonchev–Trinajstić information content (AvgIpc) is 2.20. The lowest BCUT2D eigenvalue weighted by Gasteiger charge is -1.92. The van der Waals surface area contributed by atoms with Gasteiger partial charge in [0.2, 0.25) is 0 Å². The predicted octanol–water partition coefficient (Wildman–Crippen LogP) is 1.94. The van der Waals surface area contributed by atoms with E-state index < -0.39 is 0 Å². The van der Waals surface area contributed by atoms with Gasteiger partial charge in [0, 0.05) is 6.20 Å². The fourth-order valence-electron chi connectivity index (χ4n) is 1.32. The number of aryl methyl sites for hydroxylation is 1. The molecule has 0 aromatic carbocycles. The highest BCUT2D eigenvalue weighted by Gasteiger charge is 1.86. The molecule has 1 heteroatoms. The van der Waals surface area contributed by atoms with Crippen molar-refractivity contribution in [1.82, 2.24) is 4.98 Å². The van der Waals surface area contributed by atoms with Gasteiger partial charge in [-0.25, -0.2) is 0 Å². The molecular weight excluding hydrogens is 170 g/mol. The van der Waals surface area contributed by atoms with Crippen molar-refractivity contribution in [2.45, 2.75) is 27.2 Å². The summed E-state index contributed by atoms with van der Waals surface area (Å²) in [5.74, 6) is 0. The molecule has 1 aromatic heterocycles. The van der Waals surface area contributed by atoms with Crippen LogP contribution in [0.1, 0.15) is 25.8 Å². The molecule has 0 radical (unpaired) electrons. The first-order chi connectivity index (χ1) is 6.77. The van der Waals surface area contributed by atoms with Gasteiger partial charge in [0.05, 0.1) is 5.35 Å². The number of hydrogen-bond acceptors (Lipinski definition) is 1. The van der Waals surface area contributed by atoms with Crippen molar-refractivity contribution in [3.05, 3.63) is 40.5 Å². The topological polar surface area (TPSA) is 12.9 Å². The summed E-state index contributed by atoms with van der Waals surface area (Å²) in [7, 11) is 0. The highest BCUT2D eigenvalue weighted by atomic mass is 14.6. The maximum absolute atomic E-state index is 4.40. The third kappa shape index (κ3) is 2.84. The van der Waals surface area contributed by atoms with Gasteiger partial charge in [0.1, 0.15) is 0 Å². The zero-order valence-electron chi connectivity index (χ0n) is 9.12. The molecule has 0 fully saturated rings. The van der Waals surface area contributed by atoms with Crippen molar-refractivity contribution in [3.63, 3.8) is 0 Å². The minimum Gasteiger partial charge on any atom is -0.256 e. The van der Waals surface area contributed by atoms with E-state index in [-0.39, 0.29) is 0 Å². The Morgan fingerprint density at radius 1 is 1.36 bits per heavy atom. The quantitative estimate of drug-likeness (QED) is 0.645. The van der Waals surface area contributed by atoms with Crippen LogP contribution in [0.5, 0.6) is 0 Å². The van der Waals surface area contributed by atoms with E-state index in [0.29, 0.717) is 0 Å². The minimum atomic E-state index is 0.952. The Balaban J connectivity index is 3.15. The Labute approximate surface area is 85.5 Å². The molecule has 0 atom stereocenters. The number of aromatic nitrogens is 1. The maximum atomic E-state index is 4.40. The standard InChI is InChI=1S/C13H17N/c1-4-6-7-8-13-12(5-2)9-11(3)10-14-13/h4-6,8-10H,7H2,1-3H3/b6-4-,12-5-,13-8?. The van der Waals surface area contributed by atoms with Gasteiger partial charge in [-0.15, -0.1) is 0 Å². The van der Waals surface area contributed by atoms with E-state index >= 15 is 0 Å². The van der Waals surface area contributed by atoms with Crippen LogP contribution in [0.4, 0.5) is 0 Å². The maximum Gasteiger partial charge on any atom is 0.0662 e. The third-order valence-electron chi connectivity index (χ3n) is 2.08. The lowest BCUT2D eigenvalue weighted by atomic mass is 10.2. The Morgan fingerprint density at radius 2 is 2.14 bits per heavy atom. The number of pyridine rings is 1. The van der Waals surface area contributed by atoms with E-state index in [1.807, 2.05) is 20.0 Å². The fraction of sp³-hybridized carbons (Fsp3) is 0.308. The van der Waals surface area contributed by atoms with Crippen molar-refractivity contribution >= 4 is 12.2 Å². The van der Waals surface area contributed by atoms with E-state index in [4.69, 9.17) is 0 Å². The zero-order valence-corrected chi connectivity index (χ0v) is 9.12. The Bertz CT molecular complexity index is 427. The summed E-state index contributed by atoms with van der Waals surface area (Å²) in [6.07, 6.45) is 11.3. The summed E-state index contributed by atoms with van der Waals surface area (Å²) in [5, 5.41) is 2.30. The van der Waals surface area contributed by atoms with Gasteiger partial charge >= 0.3 is 0 Å². The predicted molar refractivity (Wildman–Crippen MR) is 62.3 cm³/mol. The molecule has 0 unspecified atom stereocenters. The molecule has 74 valence electrons.